The van der Waals surface area contributed by atoms with E-state index in [4.69, 9.17) is 33.9 Å². The molecule has 7 heteroatoms. The average molecular weight is 364 g/mol. The summed E-state index contributed by atoms with van der Waals surface area (Å²) in [7, 11) is 0. The summed E-state index contributed by atoms with van der Waals surface area (Å²) in [5, 5.41) is 1.77. The number of hydrogen-bond donors (Lipinski definition) is 1. The predicted octanol–water partition coefficient (Wildman–Crippen LogP) is 4.64. The van der Waals surface area contributed by atoms with Crippen LogP contribution in [0.1, 0.15) is 34.3 Å². The van der Waals surface area contributed by atoms with Crippen LogP contribution in [-0.2, 0) is 0 Å². The van der Waals surface area contributed by atoms with E-state index < -0.39 is 5.91 Å². The van der Waals surface area contributed by atoms with E-state index in [-0.39, 0.29) is 0 Å². The average Bonchev–Trinajstić information content (AvgIpc) is 3.27. The standard InChI is InChI=1S/C16H11Cl2N3OS/c17-10-4-3-8(5-11(10)18)13-9-6-12(14(19)22)23-16(9)21-15(20-13)7-1-2-7/h3-7H,1-2H2,(H2,19,22). The molecule has 4 nitrogen and oxygen atoms in total. The van der Waals surface area contributed by atoms with Gasteiger partial charge in [-0.15, -0.1) is 11.3 Å². The van der Waals surface area contributed by atoms with Crippen LogP contribution in [0.4, 0.5) is 0 Å². The van der Waals surface area contributed by atoms with E-state index in [9.17, 15) is 4.79 Å². The maximum absolute atomic E-state index is 11.5. The molecule has 4 rings (SSSR count). The highest BCUT2D eigenvalue weighted by atomic mass is 35.5. The van der Waals surface area contributed by atoms with E-state index in [0.717, 1.165) is 40.1 Å². The van der Waals surface area contributed by atoms with Crippen LogP contribution in [0.2, 0.25) is 10.0 Å². The normalized spacial score (nSPS) is 14.3. The third-order valence-electron chi connectivity index (χ3n) is 3.79. The Morgan fingerprint density at radius 2 is 1.96 bits per heavy atom. The van der Waals surface area contributed by atoms with Crippen molar-refractivity contribution in [1.29, 1.82) is 0 Å². The molecule has 2 aromatic heterocycles. The minimum atomic E-state index is -0.457. The third-order valence-corrected chi connectivity index (χ3v) is 5.57. The molecule has 0 aliphatic heterocycles. The van der Waals surface area contributed by atoms with E-state index in [1.54, 1.807) is 18.2 Å². The Labute approximate surface area is 146 Å². The quantitative estimate of drug-likeness (QED) is 0.736. The van der Waals surface area contributed by atoms with Gasteiger partial charge in [0, 0.05) is 16.9 Å². The molecule has 1 amide bonds. The summed E-state index contributed by atoms with van der Waals surface area (Å²) < 4.78 is 0. The minimum Gasteiger partial charge on any atom is -0.365 e. The van der Waals surface area contributed by atoms with E-state index in [2.05, 4.69) is 4.98 Å². The summed E-state index contributed by atoms with van der Waals surface area (Å²) in [6.45, 7) is 0. The molecule has 1 saturated carbocycles. The molecule has 116 valence electrons. The molecule has 2 N–H and O–H groups in total. The van der Waals surface area contributed by atoms with Gasteiger partial charge in [0.05, 0.1) is 20.6 Å². The second kappa shape index (κ2) is 5.44. The summed E-state index contributed by atoms with van der Waals surface area (Å²) >= 11 is 13.4. The number of benzene rings is 1. The maximum atomic E-state index is 11.5. The smallest absolute Gasteiger partial charge is 0.258 e. The molecule has 0 spiro atoms. The molecule has 1 fully saturated rings. The Kier molecular flexibility index (Phi) is 3.52. The first-order valence-electron chi connectivity index (χ1n) is 7.09. The van der Waals surface area contributed by atoms with Gasteiger partial charge in [0.1, 0.15) is 10.7 Å². The Morgan fingerprint density at radius 3 is 2.61 bits per heavy atom. The van der Waals surface area contributed by atoms with Crippen molar-refractivity contribution in [3.8, 4) is 11.3 Å². The van der Waals surface area contributed by atoms with Gasteiger partial charge in [-0.2, -0.15) is 0 Å². The van der Waals surface area contributed by atoms with E-state index in [1.165, 1.54) is 11.3 Å². The number of primary amides is 1. The monoisotopic (exact) mass is 363 g/mol. The van der Waals surface area contributed by atoms with Crippen LogP contribution in [0.3, 0.4) is 0 Å². The summed E-state index contributed by atoms with van der Waals surface area (Å²) in [6, 6.07) is 7.14. The first-order valence-corrected chi connectivity index (χ1v) is 8.67. The highest BCUT2D eigenvalue weighted by Crippen LogP contribution is 2.41. The zero-order valence-corrected chi connectivity index (χ0v) is 14.2. The second-order valence-corrected chi connectivity index (χ2v) is 7.37. The minimum absolute atomic E-state index is 0.403. The van der Waals surface area contributed by atoms with Gasteiger partial charge in [-0.3, -0.25) is 4.79 Å². The molecule has 3 aromatic rings. The fourth-order valence-corrected chi connectivity index (χ4v) is 3.64. The van der Waals surface area contributed by atoms with Gasteiger partial charge in [-0.25, -0.2) is 9.97 Å². The van der Waals surface area contributed by atoms with Crippen LogP contribution in [0.25, 0.3) is 21.5 Å². The van der Waals surface area contributed by atoms with Crippen LogP contribution in [0.15, 0.2) is 24.3 Å². The number of halogens is 2. The molecular formula is C16H11Cl2N3OS. The van der Waals surface area contributed by atoms with Crippen molar-refractivity contribution in [1.82, 2.24) is 9.97 Å². The van der Waals surface area contributed by atoms with Gasteiger partial charge < -0.3 is 5.73 Å². The number of thiophene rings is 1. The molecule has 1 aliphatic rings. The van der Waals surface area contributed by atoms with Crippen LogP contribution in [-0.4, -0.2) is 15.9 Å². The van der Waals surface area contributed by atoms with Crippen molar-refractivity contribution in [2.24, 2.45) is 5.73 Å². The van der Waals surface area contributed by atoms with Crippen LogP contribution >= 0.6 is 34.5 Å². The van der Waals surface area contributed by atoms with Gasteiger partial charge in [0.25, 0.3) is 5.91 Å². The van der Waals surface area contributed by atoms with Crippen molar-refractivity contribution in [2.45, 2.75) is 18.8 Å². The number of carbonyl (C=O) groups is 1. The summed E-state index contributed by atoms with van der Waals surface area (Å²) in [6.07, 6.45) is 2.20. The van der Waals surface area contributed by atoms with Gasteiger partial charge in [-0.1, -0.05) is 29.3 Å². The lowest BCUT2D eigenvalue weighted by molar-refractivity contribution is 0.100. The van der Waals surface area contributed by atoms with E-state index in [0.29, 0.717) is 20.8 Å². The van der Waals surface area contributed by atoms with E-state index >= 15 is 0 Å². The lowest BCUT2D eigenvalue weighted by atomic mass is 10.1. The number of fused-ring (bicyclic) bond motifs is 1. The molecule has 23 heavy (non-hydrogen) atoms. The molecule has 1 aliphatic carbocycles. The number of rotatable bonds is 3. The Morgan fingerprint density at radius 1 is 1.17 bits per heavy atom. The van der Waals surface area contributed by atoms with Gasteiger partial charge >= 0.3 is 0 Å². The number of aromatic nitrogens is 2. The maximum Gasteiger partial charge on any atom is 0.258 e. The third kappa shape index (κ3) is 2.69. The molecule has 0 atom stereocenters. The zero-order valence-electron chi connectivity index (χ0n) is 11.8. The summed E-state index contributed by atoms with van der Waals surface area (Å²) in [5.74, 6) is 0.762. The summed E-state index contributed by atoms with van der Waals surface area (Å²) in [5.41, 5.74) is 7.02. The van der Waals surface area contributed by atoms with E-state index in [1.807, 2.05) is 6.07 Å². The highest BCUT2D eigenvalue weighted by Gasteiger charge is 2.28. The molecule has 1 aromatic carbocycles. The Balaban J connectivity index is 1.98. The fraction of sp³-hybridized carbons (Fsp3) is 0.188. The number of hydrogen-bond acceptors (Lipinski definition) is 4. The van der Waals surface area contributed by atoms with Gasteiger partial charge in [0.2, 0.25) is 0 Å². The van der Waals surface area contributed by atoms with Crippen molar-refractivity contribution in [3.63, 3.8) is 0 Å². The zero-order chi connectivity index (χ0) is 16.1. The number of nitrogens with two attached hydrogens (primary N) is 1. The SMILES string of the molecule is NC(=O)c1cc2c(-c3ccc(Cl)c(Cl)c3)nc(C3CC3)nc2s1. The highest BCUT2D eigenvalue weighted by molar-refractivity contribution is 7.20. The largest absolute Gasteiger partial charge is 0.365 e. The second-order valence-electron chi connectivity index (χ2n) is 5.53. The predicted molar refractivity (Wildman–Crippen MR) is 93.4 cm³/mol. The molecule has 2 heterocycles. The Bertz CT molecular complexity index is 950. The lowest BCUT2D eigenvalue weighted by Gasteiger charge is -2.07. The lowest BCUT2D eigenvalue weighted by Crippen LogP contribution is -2.08. The van der Waals surface area contributed by atoms with Crippen molar-refractivity contribution >= 4 is 50.7 Å². The van der Waals surface area contributed by atoms with Crippen LogP contribution in [0, 0.1) is 0 Å². The first-order chi connectivity index (χ1) is 11.0. The number of nitrogens with zero attached hydrogens (tertiary/aromatic N) is 2. The Hall–Kier alpha value is -1.69. The fourth-order valence-electron chi connectivity index (χ4n) is 2.45. The molecule has 0 unspecified atom stereocenters. The van der Waals surface area contributed by atoms with Gasteiger partial charge in [0.15, 0.2) is 0 Å². The number of carbonyl (C=O) groups excluding carboxylic acids is 1. The molecule has 0 radical (unpaired) electrons. The molecule has 0 bridgehead atoms. The first kappa shape index (κ1) is 14.9. The van der Waals surface area contributed by atoms with Crippen molar-refractivity contribution < 1.29 is 4.79 Å². The van der Waals surface area contributed by atoms with Gasteiger partial charge in [-0.05, 0) is 31.0 Å². The van der Waals surface area contributed by atoms with Crippen molar-refractivity contribution in [3.05, 3.63) is 45.0 Å². The van der Waals surface area contributed by atoms with Crippen LogP contribution < -0.4 is 5.73 Å². The topological polar surface area (TPSA) is 68.9 Å². The summed E-state index contributed by atoms with van der Waals surface area (Å²) in [4.78, 5) is 22.1. The van der Waals surface area contributed by atoms with Crippen LogP contribution in [0.5, 0.6) is 0 Å². The molecular weight excluding hydrogens is 353 g/mol. The number of amides is 1. The molecule has 0 saturated heterocycles. The van der Waals surface area contributed by atoms with Crippen molar-refractivity contribution in [2.75, 3.05) is 0 Å².